The van der Waals surface area contributed by atoms with E-state index in [2.05, 4.69) is 5.10 Å². The molecule has 0 radical (unpaired) electrons. The maximum atomic E-state index is 8.84. The third-order valence-electron chi connectivity index (χ3n) is 1.79. The Hall–Kier alpha value is -0.885. The number of rotatable bonds is 6. The van der Waals surface area contributed by atoms with Gasteiger partial charge in [-0.05, 0) is 6.92 Å². The molecular formula is C8H15BN2O4. The number of hydrogen-bond donors (Lipinski definition) is 2. The molecule has 1 unspecified atom stereocenters. The minimum absolute atomic E-state index is 0.405. The largest absolute Gasteiger partial charge is 0.464 e. The lowest BCUT2D eigenvalue weighted by atomic mass is 9.73. The molecule has 0 spiro atoms. The maximum absolute atomic E-state index is 8.84. The van der Waals surface area contributed by atoms with Crippen LogP contribution in [-0.2, 0) is 9.57 Å². The zero-order chi connectivity index (χ0) is 11.1. The lowest BCUT2D eigenvalue weighted by molar-refractivity contribution is -0.134. The van der Waals surface area contributed by atoms with Gasteiger partial charge in [-0.3, -0.25) is 4.84 Å². The Bertz CT molecular complexity index is 221. The smallest absolute Gasteiger partial charge is 0.426 e. The minimum Gasteiger partial charge on any atom is -0.426 e. The van der Waals surface area contributed by atoms with E-state index in [9.17, 15) is 0 Å². The van der Waals surface area contributed by atoms with E-state index in [0.717, 1.165) is 0 Å². The zero-order valence-electron chi connectivity index (χ0n) is 8.61. The molecular weight excluding hydrogens is 199 g/mol. The van der Waals surface area contributed by atoms with E-state index in [1.165, 1.54) is 17.6 Å². The molecule has 6 nitrogen and oxygen atoms in total. The first-order chi connectivity index (χ1) is 7.24. The van der Waals surface area contributed by atoms with Gasteiger partial charge in [0.15, 0.2) is 0 Å². The van der Waals surface area contributed by atoms with Crippen LogP contribution in [0.25, 0.3) is 0 Å². The molecule has 0 saturated carbocycles. The fourth-order valence-corrected chi connectivity index (χ4v) is 0.991. The van der Waals surface area contributed by atoms with E-state index in [-0.39, 0.29) is 0 Å². The molecule has 1 heterocycles. The molecule has 2 N–H and O–H groups in total. The summed E-state index contributed by atoms with van der Waals surface area (Å²) >= 11 is 0. The summed E-state index contributed by atoms with van der Waals surface area (Å²) in [5.74, 6) is -0.475. The molecule has 0 aromatic carbocycles. The molecule has 7 heteroatoms. The van der Waals surface area contributed by atoms with Gasteiger partial charge >= 0.3 is 7.12 Å². The van der Waals surface area contributed by atoms with Crippen LogP contribution in [0, 0.1) is 0 Å². The summed E-state index contributed by atoms with van der Waals surface area (Å²) in [7, 11) is -1.42. The van der Waals surface area contributed by atoms with Gasteiger partial charge in [-0.1, -0.05) is 6.08 Å². The first-order valence-corrected chi connectivity index (χ1v) is 4.82. The van der Waals surface area contributed by atoms with Gasteiger partial charge in [0.05, 0.1) is 18.6 Å². The average molecular weight is 214 g/mol. The number of hydrazone groups is 1. The molecule has 1 atom stereocenters. The first-order valence-electron chi connectivity index (χ1n) is 4.82. The Morgan fingerprint density at radius 2 is 2.27 bits per heavy atom. The highest BCUT2D eigenvalue weighted by Gasteiger charge is 2.21. The Labute approximate surface area is 88.9 Å². The minimum atomic E-state index is -1.42. The van der Waals surface area contributed by atoms with Crippen molar-refractivity contribution in [3.8, 4) is 0 Å². The van der Waals surface area contributed by atoms with Crippen LogP contribution in [0.1, 0.15) is 6.92 Å². The van der Waals surface area contributed by atoms with Crippen LogP contribution in [0.2, 0.25) is 5.82 Å². The monoisotopic (exact) mass is 214 g/mol. The van der Waals surface area contributed by atoms with Crippen molar-refractivity contribution < 1.29 is 19.6 Å². The van der Waals surface area contributed by atoms with Crippen molar-refractivity contribution in [3.63, 3.8) is 0 Å². The fraction of sp³-hybridized carbons (Fsp3) is 0.625. The third-order valence-corrected chi connectivity index (χ3v) is 1.79. The second-order valence-electron chi connectivity index (χ2n) is 2.93. The Morgan fingerprint density at radius 1 is 1.47 bits per heavy atom. The van der Waals surface area contributed by atoms with Crippen molar-refractivity contribution in [2.75, 3.05) is 19.8 Å². The molecule has 0 aromatic heterocycles. The van der Waals surface area contributed by atoms with Gasteiger partial charge in [0, 0.05) is 12.8 Å². The maximum Gasteiger partial charge on any atom is 0.464 e. The fourth-order valence-electron chi connectivity index (χ4n) is 0.991. The molecule has 1 aliphatic rings. The van der Waals surface area contributed by atoms with Crippen LogP contribution < -0.4 is 0 Å². The SMILES string of the molecule is CCOCCON1C=CC(B(O)O)C=N1. The van der Waals surface area contributed by atoms with Crippen molar-refractivity contribution in [3.05, 3.63) is 12.3 Å². The van der Waals surface area contributed by atoms with Crippen molar-refractivity contribution in [2.24, 2.45) is 5.10 Å². The third kappa shape index (κ3) is 4.43. The van der Waals surface area contributed by atoms with Gasteiger partial charge in [-0.15, -0.1) is 5.17 Å². The first kappa shape index (κ1) is 12.2. The van der Waals surface area contributed by atoms with Crippen LogP contribution in [0.5, 0.6) is 0 Å². The van der Waals surface area contributed by atoms with Crippen molar-refractivity contribution in [1.29, 1.82) is 0 Å². The summed E-state index contributed by atoms with van der Waals surface area (Å²) in [5.41, 5.74) is 0. The Balaban J connectivity index is 2.19. The van der Waals surface area contributed by atoms with Crippen molar-refractivity contribution in [2.45, 2.75) is 12.7 Å². The van der Waals surface area contributed by atoms with Crippen molar-refractivity contribution in [1.82, 2.24) is 5.17 Å². The number of nitrogens with zero attached hydrogens (tertiary/aromatic N) is 2. The molecule has 15 heavy (non-hydrogen) atoms. The predicted molar refractivity (Wildman–Crippen MR) is 55.9 cm³/mol. The lowest BCUT2D eigenvalue weighted by Gasteiger charge is -2.18. The van der Waals surface area contributed by atoms with Gasteiger partial charge in [-0.25, -0.2) is 0 Å². The highest BCUT2D eigenvalue weighted by Crippen LogP contribution is 2.12. The molecule has 0 aliphatic carbocycles. The highest BCUT2D eigenvalue weighted by molar-refractivity contribution is 6.48. The molecule has 84 valence electrons. The van der Waals surface area contributed by atoms with E-state index in [1.54, 1.807) is 6.08 Å². The molecule has 1 rings (SSSR count). The number of ether oxygens (including phenoxy) is 1. The molecule has 0 saturated heterocycles. The van der Waals surface area contributed by atoms with Crippen LogP contribution in [0.3, 0.4) is 0 Å². The van der Waals surface area contributed by atoms with E-state index < -0.39 is 12.9 Å². The van der Waals surface area contributed by atoms with Crippen LogP contribution in [0.15, 0.2) is 17.4 Å². The van der Waals surface area contributed by atoms with Gasteiger partial charge in [0.25, 0.3) is 0 Å². The zero-order valence-corrected chi connectivity index (χ0v) is 8.61. The van der Waals surface area contributed by atoms with Crippen molar-refractivity contribution >= 4 is 13.3 Å². The van der Waals surface area contributed by atoms with Gasteiger partial charge < -0.3 is 14.8 Å². The Kier molecular flexibility index (Phi) is 5.34. The summed E-state index contributed by atoms with van der Waals surface area (Å²) < 4.78 is 5.08. The van der Waals surface area contributed by atoms with Crippen LogP contribution in [-0.4, -0.2) is 48.4 Å². The highest BCUT2D eigenvalue weighted by atomic mass is 16.7. The standard InChI is InChI=1S/C8H15BN2O4/c1-2-14-5-6-15-11-4-3-8(7-10-11)9(12)13/h3-4,7-8,12-13H,2,5-6H2,1H3. The van der Waals surface area contributed by atoms with Gasteiger partial charge in [0.2, 0.25) is 0 Å². The average Bonchev–Trinajstić information content (AvgIpc) is 2.25. The summed E-state index contributed by atoms with van der Waals surface area (Å²) in [6.07, 6.45) is 4.54. The molecule has 0 amide bonds. The van der Waals surface area contributed by atoms with E-state index in [4.69, 9.17) is 19.6 Å². The number of hydroxylamine groups is 1. The summed E-state index contributed by atoms with van der Waals surface area (Å²) in [6.45, 7) is 3.47. The summed E-state index contributed by atoms with van der Waals surface area (Å²) in [5, 5.41) is 22.8. The number of hydrogen-bond acceptors (Lipinski definition) is 6. The normalized spacial score (nSPS) is 19.7. The summed E-state index contributed by atoms with van der Waals surface area (Å²) in [4.78, 5) is 5.17. The van der Waals surface area contributed by atoms with Gasteiger partial charge in [0.1, 0.15) is 6.61 Å². The molecule has 0 aromatic rings. The lowest BCUT2D eigenvalue weighted by Crippen LogP contribution is -2.25. The van der Waals surface area contributed by atoms with Gasteiger partial charge in [-0.2, -0.15) is 5.10 Å². The molecule has 1 aliphatic heterocycles. The second-order valence-corrected chi connectivity index (χ2v) is 2.93. The van der Waals surface area contributed by atoms with E-state index in [0.29, 0.717) is 19.8 Å². The quantitative estimate of drug-likeness (QED) is 0.465. The van der Waals surface area contributed by atoms with Crippen LogP contribution in [0.4, 0.5) is 0 Å². The topological polar surface area (TPSA) is 74.5 Å². The van der Waals surface area contributed by atoms with E-state index in [1.807, 2.05) is 6.92 Å². The van der Waals surface area contributed by atoms with E-state index >= 15 is 0 Å². The predicted octanol–water partition coefficient (Wildman–Crippen LogP) is -0.387. The second kappa shape index (κ2) is 6.57. The summed E-state index contributed by atoms with van der Waals surface area (Å²) in [6, 6.07) is 0. The number of allylic oxidation sites excluding steroid dienone is 1. The molecule has 0 fully saturated rings. The van der Waals surface area contributed by atoms with Crippen LogP contribution >= 0.6 is 0 Å². The molecule has 0 bridgehead atoms. The Morgan fingerprint density at radius 3 is 2.80 bits per heavy atom.